The Kier molecular flexibility index (Phi) is 8.33. The molecule has 0 aromatic heterocycles. The second-order valence-electron chi connectivity index (χ2n) is 7.95. The van der Waals surface area contributed by atoms with Gasteiger partial charge in [0.05, 0.1) is 0 Å². The van der Waals surface area contributed by atoms with E-state index in [4.69, 9.17) is 9.47 Å². The Morgan fingerprint density at radius 3 is 1.97 bits per heavy atom. The van der Waals surface area contributed by atoms with Crippen molar-refractivity contribution in [3.63, 3.8) is 0 Å². The van der Waals surface area contributed by atoms with Gasteiger partial charge < -0.3 is 19.7 Å². The number of rotatable bonds is 10. The number of amides is 2. The van der Waals surface area contributed by atoms with Crippen molar-refractivity contribution >= 4 is 23.2 Å². The summed E-state index contributed by atoms with van der Waals surface area (Å²) in [6, 6.07) is 32.9. The third kappa shape index (κ3) is 6.51. The number of hydrogen-bond acceptors (Lipinski definition) is 4. The van der Waals surface area contributed by atoms with Gasteiger partial charge in [-0.05, 0) is 73.7 Å². The second kappa shape index (κ2) is 12.2. The Labute approximate surface area is 211 Å². The fourth-order valence-corrected chi connectivity index (χ4v) is 3.67. The second-order valence-corrected chi connectivity index (χ2v) is 7.95. The fourth-order valence-electron chi connectivity index (χ4n) is 3.67. The lowest BCUT2D eigenvalue weighted by molar-refractivity contribution is 0.0987. The monoisotopic (exact) mass is 480 g/mol. The van der Waals surface area contributed by atoms with E-state index in [0.29, 0.717) is 42.3 Å². The van der Waals surface area contributed by atoms with Crippen LogP contribution in [0.25, 0.3) is 0 Å². The molecule has 0 atom stereocenters. The summed E-state index contributed by atoms with van der Waals surface area (Å²) < 4.78 is 11.4. The molecule has 0 saturated carbocycles. The van der Waals surface area contributed by atoms with Crippen LogP contribution in [0.2, 0.25) is 0 Å². The topological polar surface area (TPSA) is 67.9 Å². The number of carbonyl (C=O) groups is 2. The maximum atomic E-state index is 13.0. The van der Waals surface area contributed by atoms with Gasteiger partial charge in [-0.25, -0.2) is 0 Å². The molecule has 1 N–H and O–H groups in total. The number of para-hydroxylation sites is 2. The van der Waals surface area contributed by atoms with Crippen LogP contribution in [0.15, 0.2) is 109 Å². The molecule has 0 aliphatic heterocycles. The lowest BCUT2D eigenvalue weighted by Gasteiger charge is -2.21. The number of hydrogen-bond donors (Lipinski definition) is 1. The summed E-state index contributed by atoms with van der Waals surface area (Å²) in [6.07, 6.45) is 0. The van der Waals surface area contributed by atoms with Gasteiger partial charge in [0.15, 0.2) is 0 Å². The van der Waals surface area contributed by atoms with Crippen molar-refractivity contribution in [2.45, 2.75) is 6.92 Å². The van der Waals surface area contributed by atoms with E-state index in [2.05, 4.69) is 5.32 Å². The maximum absolute atomic E-state index is 13.0. The van der Waals surface area contributed by atoms with Crippen molar-refractivity contribution < 1.29 is 19.1 Å². The molecule has 4 rings (SSSR count). The molecule has 0 fully saturated rings. The number of ether oxygens (including phenoxy) is 2. The zero-order chi connectivity index (χ0) is 25.2. The number of nitrogens with zero attached hydrogens (tertiary/aromatic N) is 1. The molecule has 0 aliphatic carbocycles. The van der Waals surface area contributed by atoms with Crippen molar-refractivity contribution in [3.8, 4) is 11.5 Å². The highest BCUT2D eigenvalue weighted by atomic mass is 16.5. The number of benzene rings is 4. The minimum Gasteiger partial charge on any atom is -0.490 e. The first-order valence-electron chi connectivity index (χ1n) is 11.8. The van der Waals surface area contributed by atoms with Crippen LogP contribution in [0.5, 0.6) is 11.5 Å². The zero-order valence-electron chi connectivity index (χ0n) is 20.1. The van der Waals surface area contributed by atoms with E-state index < -0.39 is 0 Å². The maximum Gasteiger partial charge on any atom is 0.258 e. The lowest BCUT2D eigenvalue weighted by atomic mass is 10.1. The predicted octanol–water partition coefficient (Wildman–Crippen LogP) is 6.06. The molecule has 6 heteroatoms. The minimum atomic E-state index is -0.264. The van der Waals surface area contributed by atoms with Crippen LogP contribution in [0.1, 0.15) is 27.6 Å². The first-order valence-corrected chi connectivity index (χ1v) is 11.8. The summed E-state index contributed by atoms with van der Waals surface area (Å²) in [5, 5.41) is 2.87. The average molecular weight is 481 g/mol. The van der Waals surface area contributed by atoms with Crippen molar-refractivity contribution in [2.24, 2.45) is 0 Å². The zero-order valence-corrected chi connectivity index (χ0v) is 20.1. The molecule has 36 heavy (non-hydrogen) atoms. The van der Waals surface area contributed by atoms with Gasteiger partial charge >= 0.3 is 0 Å². The number of nitrogens with one attached hydrogen (secondary N) is 1. The smallest absolute Gasteiger partial charge is 0.258 e. The van der Waals surface area contributed by atoms with Gasteiger partial charge in [0.1, 0.15) is 24.7 Å². The number of anilines is 2. The molecule has 6 nitrogen and oxygen atoms in total. The van der Waals surface area contributed by atoms with Crippen molar-refractivity contribution in [1.29, 1.82) is 0 Å². The largest absolute Gasteiger partial charge is 0.490 e. The first-order chi connectivity index (χ1) is 17.6. The Bertz CT molecular complexity index is 1280. The molecule has 2 amide bonds. The summed E-state index contributed by atoms with van der Waals surface area (Å²) in [6.45, 7) is 3.24. The molecule has 0 aliphatic rings. The summed E-state index contributed by atoms with van der Waals surface area (Å²) >= 11 is 0. The molecular formula is C30H28N2O4. The van der Waals surface area contributed by atoms with E-state index in [0.717, 1.165) is 11.4 Å². The summed E-state index contributed by atoms with van der Waals surface area (Å²) in [7, 11) is 0. The molecule has 4 aromatic rings. The highest BCUT2D eigenvalue weighted by Crippen LogP contribution is 2.19. The van der Waals surface area contributed by atoms with Crippen LogP contribution in [0, 0.1) is 0 Å². The highest BCUT2D eigenvalue weighted by molar-refractivity contribution is 6.07. The van der Waals surface area contributed by atoms with Gasteiger partial charge in [-0.15, -0.1) is 0 Å². The van der Waals surface area contributed by atoms with Crippen LogP contribution in [-0.4, -0.2) is 31.6 Å². The van der Waals surface area contributed by atoms with E-state index in [-0.39, 0.29) is 11.8 Å². The molecule has 0 heterocycles. The van der Waals surface area contributed by atoms with E-state index >= 15 is 0 Å². The Morgan fingerprint density at radius 1 is 0.694 bits per heavy atom. The van der Waals surface area contributed by atoms with Gasteiger partial charge in [0.25, 0.3) is 11.8 Å². The molecule has 0 radical (unpaired) electrons. The lowest BCUT2D eigenvalue weighted by Crippen LogP contribution is -2.30. The van der Waals surface area contributed by atoms with Crippen LogP contribution >= 0.6 is 0 Å². The van der Waals surface area contributed by atoms with Gasteiger partial charge in [-0.3, -0.25) is 9.59 Å². The third-order valence-electron chi connectivity index (χ3n) is 5.48. The Hall–Kier alpha value is -4.58. The van der Waals surface area contributed by atoms with E-state index in [1.807, 2.05) is 67.6 Å². The molecule has 182 valence electrons. The standard InChI is InChI=1S/C30H28N2O4/c1-2-32(26-11-5-3-6-12-26)30(34)23-16-18-25(19-17-23)31-29(33)24-10-9-15-28(22-24)36-21-20-35-27-13-7-4-8-14-27/h3-19,22H,2,20-21H2,1H3,(H,31,33). The molecule has 0 saturated heterocycles. The van der Waals surface area contributed by atoms with Crippen molar-refractivity contribution in [3.05, 3.63) is 120 Å². The van der Waals surface area contributed by atoms with Gasteiger partial charge in [-0.1, -0.05) is 42.5 Å². The summed E-state index contributed by atoms with van der Waals surface area (Å²) in [5.74, 6) is 1.01. The molecule has 0 bridgehead atoms. The quantitative estimate of drug-likeness (QED) is 0.280. The van der Waals surface area contributed by atoms with E-state index in [9.17, 15) is 9.59 Å². The van der Waals surface area contributed by atoms with Gasteiger partial charge in [0.2, 0.25) is 0 Å². The van der Waals surface area contributed by atoms with Crippen LogP contribution in [-0.2, 0) is 0 Å². The highest BCUT2D eigenvalue weighted by Gasteiger charge is 2.16. The first kappa shape index (κ1) is 24.5. The Balaban J connectivity index is 1.32. The van der Waals surface area contributed by atoms with Crippen LogP contribution in [0.4, 0.5) is 11.4 Å². The van der Waals surface area contributed by atoms with Crippen LogP contribution < -0.4 is 19.7 Å². The number of carbonyl (C=O) groups excluding carboxylic acids is 2. The molecular weight excluding hydrogens is 452 g/mol. The Morgan fingerprint density at radius 2 is 1.31 bits per heavy atom. The van der Waals surface area contributed by atoms with E-state index in [1.54, 1.807) is 53.4 Å². The summed E-state index contributed by atoms with van der Waals surface area (Å²) in [5.41, 5.74) is 2.46. The normalized spacial score (nSPS) is 10.4. The van der Waals surface area contributed by atoms with E-state index in [1.165, 1.54) is 0 Å². The molecule has 0 unspecified atom stereocenters. The van der Waals surface area contributed by atoms with Crippen molar-refractivity contribution in [2.75, 3.05) is 30.0 Å². The third-order valence-corrected chi connectivity index (χ3v) is 5.48. The van der Waals surface area contributed by atoms with Crippen molar-refractivity contribution in [1.82, 2.24) is 0 Å². The minimum absolute atomic E-state index is 0.0947. The van der Waals surface area contributed by atoms with Gasteiger partial charge in [-0.2, -0.15) is 0 Å². The predicted molar refractivity (Wildman–Crippen MR) is 142 cm³/mol. The SMILES string of the molecule is CCN(C(=O)c1ccc(NC(=O)c2cccc(OCCOc3ccccc3)c2)cc1)c1ccccc1. The fraction of sp³-hybridized carbons (Fsp3) is 0.133. The van der Waals surface area contributed by atoms with Crippen LogP contribution in [0.3, 0.4) is 0 Å². The molecule has 4 aromatic carbocycles. The molecule has 0 spiro atoms. The van der Waals surface area contributed by atoms with Gasteiger partial charge in [0, 0.05) is 29.0 Å². The average Bonchev–Trinajstić information content (AvgIpc) is 2.93. The summed E-state index contributed by atoms with van der Waals surface area (Å²) in [4.78, 5) is 27.5.